The molecule has 0 aromatic carbocycles. The van der Waals surface area contributed by atoms with Crippen LogP contribution in [0, 0.1) is 50.2 Å². The molecule has 41 atom stereocenters. The summed E-state index contributed by atoms with van der Waals surface area (Å²) in [7, 11) is 0. The van der Waals surface area contributed by atoms with Gasteiger partial charge in [0.1, 0.15) is 146 Å². The second-order valence-corrected chi connectivity index (χ2v) is 33.8. The zero-order chi connectivity index (χ0) is 75.7. The zero-order valence-corrected chi connectivity index (χ0v) is 60.2. The van der Waals surface area contributed by atoms with Crippen LogP contribution < -0.4 is 0 Å². The van der Waals surface area contributed by atoms with Crippen LogP contribution in [0.15, 0.2) is 11.6 Å². The molecule has 4 saturated carbocycles. The van der Waals surface area contributed by atoms with E-state index < -0.39 is 259 Å². The highest BCUT2D eigenvalue weighted by Crippen LogP contribution is 2.76. The van der Waals surface area contributed by atoms with Crippen LogP contribution in [0.3, 0.4) is 0 Å². The Morgan fingerprint density at radius 3 is 1.61 bits per heavy atom. The lowest BCUT2D eigenvalue weighted by molar-refractivity contribution is -0.392. The fraction of sp³-hybridized carbons (Fsp3) is 0.957. The molecule has 0 bridgehead atoms. The van der Waals surface area contributed by atoms with Gasteiger partial charge >= 0.3 is 5.97 Å². The highest BCUT2D eigenvalue weighted by molar-refractivity contribution is 5.76. The molecule has 34 nitrogen and oxygen atoms in total. The molecule has 0 radical (unpaired) electrons. The Balaban J connectivity index is 0.712. The standard InChI is InChI=1S/C70H114O34/c1-26-38(73)44(79)49(84)57(94-26)91-23-32-41(76)46(81)51(86)61(99-32)102-54-31(22-72)97-60(52(87)47(54)82)98-33-24-92-58(48(83)42(33)77)103-55-39(74)27(2)95-62(53(55)88)104-56-43(78)34(100-59-50(85)45(80)40(75)30(21-71)96-59)25-93-63(56)101-37-13-14-67(7)35(66(37,5)6)12-15-69(9)36(67)11-10-28-29-20-65(3,4)16-18-70(29,64(89)90)19-17-68(28,69)8/h10,26-27,29-63,71-88H,11-25H2,1-9H3,(H,89,90). The molecule has 34 heteroatoms. The second-order valence-electron chi connectivity index (χ2n) is 33.8. The third-order valence-electron chi connectivity index (χ3n) is 27.0. The SMILES string of the molecule is CC1OC(OCC2OC(OC3C(CO)OC(OC4COC(OC5C(O)C(C)OC(OC6C(OC7CCC8(C)C(CCC9(C)C8CC=C8C%10CC(C)(C)CCC%10(C(=O)O)CCC89C)C7(C)C)OCC(OC7OC(CO)C(O)C(O)C7O)C6O)C5O)C(O)C4O)C(O)C3O)C(O)C(O)C2O)C(O)C(O)C1O. The number of hydrogen-bond acceptors (Lipinski definition) is 33. The van der Waals surface area contributed by atoms with Gasteiger partial charge in [0.25, 0.3) is 0 Å². The normalized spacial score (nSPS) is 54.7. The summed E-state index contributed by atoms with van der Waals surface area (Å²) < 4.78 is 83.7. The Labute approximate surface area is 602 Å². The quantitative estimate of drug-likeness (QED) is 0.0453. The summed E-state index contributed by atoms with van der Waals surface area (Å²) in [5.74, 6) is -0.430. The first-order valence-electron chi connectivity index (χ1n) is 36.9. The van der Waals surface area contributed by atoms with Crippen molar-refractivity contribution in [2.45, 2.75) is 335 Å². The van der Waals surface area contributed by atoms with Crippen molar-refractivity contribution in [3.8, 4) is 0 Å². The first-order valence-corrected chi connectivity index (χ1v) is 36.9. The first-order chi connectivity index (χ1) is 48.8. The molecule has 12 rings (SSSR count). The fourth-order valence-electron chi connectivity index (χ4n) is 20.3. The van der Waals surface area contributed by atoms with E-state index in [4.69, 9.17) is 66.3 Å². The molecule has 0 aromatic heterocycles. The molecule has 11 fully saturated rings. The second kappa shape index (κ2) is 30.8. The number of rotatable bonds is 18. The van der Waals surface area contributed by atoms with E-state index in [0.29, 0.717) is 19.3 Å². The van der Waals surface area contributed by atoms with Crippen molar-refractivity contribution >= 4 is 5.97 Å². The molecule has 104 heavy (non-hydrogen) atoms. The van der Waals surface area contributed by atoms with Crippen molar-refractivity contribution in [3.05, 3.63) is 11.6 Å². The van der Waals surface area contributed by atoms with Gasteiger partial charge in [0.2, 0.25) is 0 Å². The Morgan fingerprint density at radius 2 is 0.962 bits per heavy atom. The van der Waals surface area contributed by atoms with Crippen LogP contribution in [0.25, 0.3) is 0 Å². The van der Waals surface area contributed by atoms with Crippen LogP contribution in [0.4, 0.5) is 0 Å². The average Bonchev–Trinajstić information content (AvgIpc) is 0.674. The topological polar surface area (TPSA) is 531 Å². The monoisotopic (exact) mass is 1500 g/mol. The molecule has 0 spiro atoms. The van der Waals surface area contributed by atoms with Gasteiger partial charge in [-0.1, -0.05) is 60.1 Å². The number of fused-ring (bicyclic) bond motifs is 7. The van der Waals surface area contributed by atoms with Gasteiger partial charge in [-0.2, -0.15) is 0 Å². The highest BCUT2D eigenvalue weighted by atomic mass is 16.8. The summed E-state index contributed by atoms with van der Waals surface area (Å²) in [4.78, 5) is 13.3. The lowest BCUT2D eigenvalue weighted by Gasteiger charge is -2.71. The molecule has 0 amide bonds. The number of hydrogen-bond donors (Lipinski definition) is 19. The van der Waals surface area contributed by atoms with Crippen molar-refractivity contribution in [2.24, 2.45) is 50.2 Å². The maximum absolute atomic E-state index is 13.3. The highest BCUT2D eigenvalue weighted by Gasteiger charge is 2.70. The number of ether oxygens (including phenoxy) is 14. The van der Waals surface area contributed by atoms with Crippen LogP contribution in [-0.2, 0) is 71.1 Å². The Kier molecular flexibility index (Phi) is 24.1. The maximum Gasteiger partial charge on any atom is 0.310 e. The minimum absolute atomic E-state index is 0.00389. The van der Waals surface area contributed by atoms with Gasteiger partial charge in [0, 0.05) is 0 Å². The van der Waals surface area contributed by atoms with E-state index in [0.717, 1.165) is 44.9 Å². The zero-order valence-electron chi connectivity index (χ0n) is 60.2. The number of carboxylic acid groups (broad SMARTS) is 1. The molecule has 19 N–H and O–H groups in total. The van der Waals surface area contributed by atoms with E-state index in [2.05, 4.69) is 54.5 Å². The maximum atomic E-state index is 13.3. The molecule has 0 aromatic rings. The number of carboxylic acids is 1. The largest absolute Gasteiger partial charge is 0.481 e. The molecule has 7 aliphatic heterocycles. The molecule has 7 saturated heterocycles. The molecule has 41 unspecified atom stereocenters. The van der Waals surface area contributed by atoms with Crippen molar-refractivity contribution in [3.63, 3.8) is 0 Å². The van der Waals surface area contributed by atoms with E-state index in [1.54, 1.807) is 0 Å². The van der Waals surface area contributed by atoms with Gasteiger partial charge in [-0.15, -0.1) is 0 Å². The van der Waals surface area contributed by atoms with E-state index in [1.807, 2.05) is 0 Å². The summed E-state index contributed by atoms with van der Waals surface area (Å²) in [6.07, 6.45) is -48.0. The Hall–Kier alpha value is -2.07. The van der Waals surface area contributed by atoms with E-state index in [1.165, 1.54) is 19.4 Å². The lowest BCUT2D eigenvalue weighted by Crippen LogP contribution is -2.67. The summed E-state index contributed by atoms with van der Waals surface area (Å²) in [6.45, 7) is 15.3. The van der Waals surface area contributed by atoms with E-state index >= 15 is 0 Å². The summed E-state index contributed by atoms with van der Waals surface area (Å²) in [6, 6.07) is 0. The summed E-state index contributed by atoms with van der Waals surface area (Å²) in [5.41, 5.74) is -0.643. The van der Waals surface area contributed by atoms with Gasteiger partial charge in [0.05, 0.1) is 56.8 Å². The lowest BCUT2D eigenvalue weighted by atomic mass is 9.33. The van der Waals surface area contributed by atoms with Crippen LogP contribution in [-0.4, -0.2) is 345 Å². The van der Waals surface area contributed by atoms with E-state index in [9.17, 15) is 102 Å². The molecule has 12 aliphatic rings. The fourth-order valence-corrected chi connectivity index (χ4v) is 20.3. The number of aliphatic hydroxyl groups is 18. The van der Waals surface area contributed by atoms with Crippen LogP contribution in [0.1, 0.15) is 127 Å². The third kappa shape index (κ3) is 14.3. The molecule has 7 heterocycles. The predicted molar refractivity (Wildman–Crippen MR) is 346 cm³/mol. The van der Waals surface area contributed by atoms with Crippen LogP contribution in [0.5, 0.6) is 0 Å². The van der Waals surface area contributed by atoms with Crippen LogP contribution in [0.2, 0.25) is 0 Å². The van der Waals surface area contributed by atoms with Gasteiger partial charge in [-0.25, -0.2) is 0 Å². The number of allylic oxidation sites excluding steroid dienone is 2. The minimum atomic E-state index is -2.09. The van der Waals surface area contributed by atoms with Crippen molar-refractivity contribution in [2.75, 3.05) is 33.0 Å². The minimum Gasteiger partial charge on any atom is -0.481 e. The summed E-state index contributed by atoms with van der Waals surface area (Å²) >= 11 is 0. The first kappa shape index (κ1) is 81.4. The number of aliphatic hydroxyl groups excluding tert-OH is 18. The summed E-state index contributed by atoms with van der Waals surface area (Å²) in [5, 5.41) is 209. The van der Waals surface area contributed by atoms with Crippen molar-refractivity contribution in [1.82, 2.24) is 0 Å². The van der Waals surface area contributed by atoms with Gasteiger partial charge < -0.3 is 163 Å². The molecular formula is C70H114O34. The van der Waals surface area contributed by atoms with Crippen molar-refractivity contribution < 1.29 is 168 Å². The average molecular weight is 1500 g/mol. The number of aliphatic carboxylic acids is 1. The molecule has 5 aliphatic carbocycles. The van der Waals surface area contributed by atoms with Crippen LogP contribution >= 0.6 is 0 Å². The van der Waals surface area contributed by atoms with Crippen molar-refractivity contribution in [1.29, 1.82) is 0 Å². The van der Waals surface area contributed by atoms with E-state index in [-0.39, 0.29) is 39.4 Å². The Bertz CT molecular complexity index is 2950. The Morgan fingerprint density at radius 1 is 0.452 bits per heavy atom. The molecular weight excluding hydrogens is 1380 g/mol. The third-order valence-corrected chi connectivity index (χ3v) is 27.0. The smallest absolute Gasteiger partial charge is 0.310 e. The van der Waals surface area contributed by atoms with Gasteiger partial charge in [-0.3, -0.25) is 4.79 Å². The predicted octanol–water partition coefficient (Wildman–Crippen LogP) is -4.66. The molecule has 598 valence electrons. The van der Waals surface area contributed by atoms with Gasteiger partial charge in [-0.05, 0) is 123 Å². The number of carbonyl (C=O) groups is 1. The van der Waals surface area contributed by atoms with Gasteiger partial charge in [0.15, 0.2) is 44.0 Å².